The first-order valence-electron chi connectivity index (χ1n) is 5.65. The van der Waals surface area contributed by atoms with Crippen LogP contribution in [0.25, 0.3) is 0 Å². The molecule has 2 heterocycles. The van der Waals surface area contributed by atoms with Crippen molar-refractivity contribution in [2.24, 2.45) is 0 Å². The summed E-state index contributed by atoms with van der Waals surface area (Å²) < 4.78 is 39.7. The Hall–Kier alpha value is -1.83. The number of alkyl halides is 3. The molecular formula is C11H12F3N3O2. The van der Waals surface area contributed by atoms with Gasteiger partial charge in [-0.1, -0.05) is 6.07 Å². The van der Waals surface area contributed by atoms with Crippen molar-refractivity contribution in [1.82, 2.24) is 15.2 Å². The van der Waals surface area contributed by atoms with E-state index in [0.717, 1.165) is 4.90 Å². The van der Waals surface area contributed by atoms with E-state index >= 15 is 0 Å². The Bertz CT molecular complexity index is 439. The Morgan fingerprint density at radius 2 is 2.26 bits per heavy atom. The number of rotatable bonds is 1. The highest BCUT2D eigenvalue weighted by Crippen LogP contribution is 2.24. The van der Waals surface area contributed by atoms with Gasteiger partial charge < -0.3 is 10.1 Å². The smallest absolute Gasteiger partial charge is 0.356 e. The maximum atomic E-state index is 12.1. The lowest BCUT2D eigenvalue weighted by Gasteiger charge is -2.34. The van der Waals surface area contributed by atoms with Gasteiger partial charge in [0.2, 0.25) is 0 Å². The lowest BCUT2D eigenvalue weighted by molar-refractivity contribution is -0.295. The van der Waals surface area contributed by atoms with Crippen LogP contribution in [-0.4, -0.2) is 42.0 Å². The lowest BCUT2D eigenvalue weighted by atomic mass is 10.1. The van der Waals surface area contributed by atoms with E-state index in [0.29, 0.717) is 18.8 Å². The SMILES string of the molecule is O=C(OC(F)(F)F)N1CCNCC1c1ccccn1. The molecule has 1 aliphatic rings. The number of amides is 1. The van der Waals surface area contributed by atoms with Gasteiger partial charge in [-0.25, -0.2) is 4.79 Å². The topological polar surface area (TPSA) is 54.5 Å². The van der Waals surface area contributed by atoms with Crippen LogP contribution in [0.15, 0.2) is 24.4 Å². The normalized spacial score (nSPS) is 20.2. The maximum Gasteiger partial charge on any atom is 0.576 e. The molecule has 1 N–H and O–H groups in total. The second-order valence-electron chi connectivity index (χ2n) is 3.98. The third-order valence-electron chi connectivity index (χ3n) is 2.71. The first-order chi connectivity index (χ1) is 8.97. The van der Waals surface area contributed by atoms with Crippen LogP contribution in [0.2, 0.25) is 0 Å². The molecule has 1 unspecified atom stereocenters. The molecule has 1 saturated heterocycles. The molecule has 0 spiro atoms. The summed E-state index contributed by atoms with van der Waals surface area (Å²) in [6, 6.07) is 4.50. The van der Waals surface area contributed by atoms with Gasteiger partial charge in [-0.05, 0) is 12.1 Å². The quantitative estimate of drug-likeness (QED) is 0.847. The predicted octanol–water partition coefficient (Wildman–Crippen LogP) is 1.68. The molecule has 2 rings (SSSR count). The molecule has 1 aliphatic heterocycles. The third kappa shape index (κ3) is 3.57. The number of pyridine rings is 1. The number of halogens is 3. The number of ether oxygens (including phenoxy) is 1. The highest BCUT2D eigenvalue weighted by atomic mass is 19.4. The summed E-state index contributed by atoms with van der Waals surface area (Å²) in [6.07, 6.45) is -4.85. The van der Waals surface area contributed by atoms with Crippen molar-refractivity contribution < 1.29 is 22.7 Å². The second kappa shape index (κ2) is 5.43. The zero-order valence-corrected chi connectivity index (χ0v) is 9.85. The standard InChI is InChI=1S/C11H12F3N3O2/c12-11(13,14)19-10(18)17-6-5-15-7-9(17)8-3-1-2-4-16-8/h1-4,9,15H,5-7H2. The summed E-state index contributed by atoms with van der Waals surface area (Å²) >= 11 is 0. The number of hydrogen-bond acceptors (Lipinski definition) is 4. The minimum atomic E-state index is -4.98. The largest absolute Gasteiger partial charge is 0.576 e. The fourth-order valence-corrected chi connectivity index (χ4v) is 1.92. The lowest BCUT2D eigenvalue weighted by Crippen LogP contribution is -2.50. The molecule has 19 heavy (non-hydrogen) atoms. The Morgan fingerprint density at radius 3 is 2.89 bits per heavy atom. The molecule has 1 fully saturated rings. The van der Waals surface area contributed by atoms with Gasteiger partial charge in [0.1, 0.15) is 0 Å². The summed E-state index contributed by atoms with van der Waals surface area (Å²) in [6.45, 7) is 0.885. The molecule has 1 aromatic heterocycles. The third-order valence-corrected chi connectivity index (χ3v) is 2.71. The van der Waals surface area contributed by atoms with Crippen LogP contribution in [0.1, 0.15) is 11.7 Å². The molecule has 0 aliphatic carbocycles. The average molecular weight is 275 g/mol. The number of piperazine rings is 1. The van der Waals surface area contributed by atoms with Crippen molar-refractivity contribution >= 4 is 6.09 Å². The molecule has 0 saturated carbocycles. The van der Waals surface area contributed by atoms with E-state index < -0.39 is 18.5 Å². The van der Waals surface area contributed by atoms with Crippen LogP contribution in [0, 0.1) is 0 Å². The summed E-state index contributed by atoms with van der Waals surface area (Å²) in [7, 11) is 0. The second-order valence-corrected chi connectivity index (χ2v) is 3.98. The molecule has 0 bridgehead atoms. The molecule has 5 nitrogen and oxygen atoms in total. The molecule has 1 aromatic rings. The monoisotopic (exact) mass is 275 g/mol. The zero-order chi connectivity index (χ0) is 13.9. The first-order valence-corrected chi connectivity index (χ1v) is 5.65. The van der Waals surface area contributed by atoms with E-state index in [4.69, 9.17) is 0 Å². The number of nitrogens with one attached hydrogen (secondary N) is 1. The van der Waals surface area contributed by atoms with Crippen LogP contribution in [0.4, 0.5) is 18.0 Å². The van der Waals surface area contributed by atoms with E-state index in [1.165, 1.54) is 6.20 Å². The summed E-state index contributed by atoms with van der Waals surface area (Å²) in [5, 5.41) is 3.01. The number of carbonyl (C=O) groups is 1. The first kappa shape index (κ1) is 13.6. The molecule has 104 valence electrons. The van der Waals surface area contributed by atoms with E-state index in [9.17, 15) is 18.0 Å². The Balaban J connectivity index is 2.15. The van der Waals surface area contributed by atoms with E-state index in [-0.39, 0.29) is 6.54 Å². The van der Waals surface area contributed by atoms with Crippen molar-refractivity contribution in [3.8, 4) is 0 Å². The summed E-state index contributed by atoms with van der Waals surface area (Å²) in [4.78, 5) is 16.6. The van der Waals surface area contributed by atoms with Gasteiger partial charge >= 0.3 is 12.5 Å². The van der Waals surface area contributed by atoms with Crippen molar-refractivity contribution in [2.45, 2.75) is 12.4 Å². The van der Waals surface area contributed by atoms with Gasteiger partial charge in [0.05, 0.1) is 11.7 Å². The molecular weight excluding hydrogens is 263 g/mol. The predicted molar refractivity (Wildman–Crippen MR) is 59.1 cm³/mol. The van der Waals surface area contributed by atoms with Crippen LogP contribution < -0.4 is 5.32 Å². The molecule has 0 radical (unpaired) electrons. The minimum Gasteiger partial charge on any atom is -0.356 e. The van der Waals surface area contributed by atoms with Crippen molar-refractivity contribution in [1.29, 1.82) is 0 Å². The molecule has 1 amide bonds. The average Bonchev–Trinajstić information content (AvgIpc) is 2.38. The van der Waals surface area contributed by atoms with Crippen LogP contribution in [0.3, 0.4) is 0 Å². The van der Waals surface area contributed by atoms with Crippen LogP contribution in [-0.2, 0) is 4.74 Å². The van der Waals surface area contributed by atoms with Crippen molar-refractivity contribution in [3.63, 3.8) is 0 Å². The molecule has 0 aromatic carbocycles. The number of carbonyl (C=O) groups excluding carboxylic acids is 1. The van der Waals surface area contributed by atoms with Gasteiger partial charge in [0, 0.05) is 25.8 Å². The highest BCUT2D eigenvalue weighted by molar-refractivity contribution is 5.68. The van der Waals surface area contributed by atoms with Crippen molar-refractivity contribution in [3.05, 3.63) is 30.1 Å². The van der Waals surface area contributed by atoms with Gasteiger partial charge in [-0.3, -0.25) is 9.88 Å². The van der Waals surface area contributed by atoms with Crippen LogP contribution >= 0.6 is 0 Å². The fourth-order valence-electron chi connectivity index (χ4n) is 1.92. The minimum absolute atomic E-state index is 0.135. The van der Waals surface area contributed by atoms with Crippen molar-refractivity contribution in [2.75, 3.05) is 19.6 Å². The molecule has 8 heteroatoms. The summed E-state index contributed by atoms with van der Waals surface area (Å²) in [5.41, 5.74) is 0.522. The number of hydrogen-bond donors (Lipinski definition) is 1. The van der Waals surface area contributed by atoms with Gasteiger partial charge in [-0.15, -0.1) is 13.2 Å². The van der Waals surface area contributed by atoms with E-state index in [1.54, 1.807) is 18.2 Å². The van der Waals surface area contributed by atoms with Gasteiger partial charge in [0.15, 0.2) is 0 Å². The zero-order valence-electron chi connectivity index (χ0n) is 9.85. The van der Waals surface area contributed by atoms with Crippen LogP contribution in [0.5, 0.6) is 0 Å². The summed E-state index contributed by atoms with van der Waals surface area (Å²) in [5.74, 6) is 0. The maximum absolute atomic E-state index is 12.1. The number of nitrogens with zero attached hydrogens (tertiary/aromatic N) is 2. The number of aromatic nitrogens is 1. The Morgan fingerprint density at radius 1 is 1.47 bits per heavy atom. The Kier molecular flexibility index (Phi) is 3.89. The van der Waals surface area contributed by atoms with Gasteiger partial charge in [0.25, 0.3) is 0 Å². The fraction of sp³-hybridized carbons (Fsp3) is 0.455. The van der Waals surface area contributed by atoms with Gasteiger partial charge in [-0.2, -0.15) is 0 Å². The Labute approximate surface area is 107 Å². The van der Waals surface area contributed by atoms with E-state index in [2.05, 4.69) is 15.0 Å². The molecule has 1 atom stereocenters. The highest BCUT2D eigenvalue weighted by Gasteiger charge is 2.39. The van der Waals surface area contributed by atoms with E-state index in [1.807, 2.05) is 0 Å².